The van der Waals surface area contributed by atoms with E-state index >= 15 is 0 Å². The maximum Gasteiger partial charge on any atom is 0.295 e. The third-order valence-electron chi connectivity index (χ3n) is 6.58. The molecule has 1 heterocycles. The second-order valence-corrected chi connectivity index (χ2v) is 10.5. The van der Waals surface area contributed by atoms with Crippen molar-refractivity contribution in [3.8, 4) is 11.5 Å². The van der Waals surface area contributed by atoms with Crippen molar-refractivity contribution in [3.63, 3.8) is 0 Å². The Labute approximate surface area is 221 Å². The Morgan fingerprint density at radius 1 is 0.946 bits per heavy atom. The number of amides is 1. The van der Waals surface area contributed by atoms with Crippen molar-refractivity contribution < 1.29 is 24.2 Å². The maximum atomic E-state index is 13.3. The van der Waals surface area contributed by atoms with Crippen LogP contribution in [-0.2, 0) is 15.0 Å². The molecule has 1 fully saturated rings. The lowest BCUT2D eigenvalue weighted by Gasteiger charge is -2.26. The van der Waals surface area contributed by atoms with Gasteiger partial charge in [0.1, 0.15) is 17.3 Å². The van der Waals surface area contributed by atoms with Crippen molar-refractivity contribution in [1.82, 2.24) is 4.90 Å². The van der Waals surface area contributed by atoms with Gasteiger partial charge in [0.25, 0.3) is 11.7 Å². The zero-order valence-electron chi connectivity index (χ0n) is 23.1. The number of carbonyl (C=O) groups is 2. The molecule has 0 spiro atoms. The van der Waals surface area contributed by atoms with Crippen LogP contribution < -0.4 is 9.47 Å². The van der Waals surface area contributed by atoms with Crippen molar-refractivity contribution in [1.29, 1.82) is 0 Å². The summed E-state index contributed by atoms with van der Waals surface area (Å²) in [5.74, 6) is 0.0605. The highest BCUT2D eigenvalue weighted by Gasteiger charge is 2.45. The number of hydrogen-bond acceptors (Lipinski definition) is 5. The van der Waals surface area contributed by atoms with Gasteiger partial charge in [-0.25, -0.2) is 0 Å². The zero-order valence-corrected chi connectivity index (χ0v) is 23.1. The first kappa shape index (κ1) is 28.3. The molecule has 0 saturated carbocycles. The average Bonchev–Trinajstić information content (AvgIpc) is 3.11. The third-order valence-corrected chi connectivity index (χ3v) is 6.58. The van der Waals surface area contributed by atoms with E-state index in [1.165, 1.54) is 0 Å². The highest BCUT2D eigenvalue weighted by atomic mass is 16.5. The second kappa shape index (κ2) is 12.3. The number of carbonyl (C=O) groups excluding carboxylic acids is 2. The molecule has 1 aliphatic heterocycles. The highest BCUT2D eigenvalue weighted by molar-refractivity contribution is 6.46. The van der Waals surface area contributed by atoms with Crippen molar-refractivity contribution in [2.24, 2.45) is 0 Å². The molecule has 0 aliphatic carbocycles. The smallest absolute Gasteiger partial charge is 0.295 e. The van der Waals surface area contributed by atoms with E-state index < -0.39 is 17.7 Å². The first-order valence-corrected chi connectivity index (χ1v) is 13.4. The lowest BCUT2D eigenvalue weighted by atomic mass is 9.84. The minimum atomic E-state index is -0.668. The van der Waals surface area contributed by atoms with E-state index in [-0.39, 0.29) is 16.7 Å². The van der Waals surface area contributed by atoms with Crippen LogP contribution in [0.2, 0.25) is 0 Å². The van der Waals surface area contributed by atoms with Gasteiger partial charge in [0, 0.05) is 17.7 Å². The number of aliphatic hydroxyl groups is 1. The Hall–Kier alpha value is -3.28. The summed E-state index contributed by atoms with van der Waals surface area (Å²) in [5, 5.41) is 11.5. The number of aliphatic hydroxyl groups excluding tert-OH is 1. The Balaban J connectivity index is 2.06. The molecule has 37 heavy (non-hydrogen) atoms. The average molecular weight is 508 g/mol. The zero-order chi connectivity index (χ0) is 27.2. The molecular weight excluding hydrogens is 466 g/mol. The van der Waals surface area contributed by atoms with Gasteiger partial charge in [-0.2, -0.15) is 0 Å². The number of benzene rings is 2. The van der Waals surface area contributed by atoms with Gasteiger partial charge in [-0.3, -0.25) is 9.59 Å². The number of hydrogen-bond donors (Lipinski definition) is 1. The Kier molecular flexibility index (Phi) is 9.41. The largest absolute Gasteiger partial charge is 0.507 e. The monoisotopic (exact) mass is 507 g/mol. The van der Waals surface area contributed by atoms with Gasteiger partial charge < -0.3 is 19.5 Å². The number of unbranched alkanes of at least 4 members (excludes halogenated alkanes) is 2. The molecular formula is C31H41NO5. The molecule has 6 heteroatoms. The van der Waals surface area contributed by atoms with Gasteiger partial charge >= 0.3 is 0 Å². The molecule has 1 unspecified atom stereocenters. The second-order valence-electron chi connectivity index (χ2n) is 10.5. The summed E-state index contributed by atoms with van der Waals surface area (Å²) in [4.78, 5) is 27.9. The number of likely N-dealkylation sites (tertiary alicyclic amines) is 1. The summed E-state index contributed by atoms with van der Waals surface area (Å²) in [6.07, 6.45) is 3.93. The van der Waals surface area contributed by atoms with E-state index in [4.69, 9.17) is 9.47 Å². The number of ketones is 1. The summed E-state index contributed by atoms with van der Waals surface area (Å²) in [5.41, 5.74) is 2.03. The van der Waals surface area contributed by atoms with Crippen LogP contribution >= 0.6 is 0 Å². The van der Waals surface area contributed by atoms with Crippen LogP contribution in [0.15, 0.2) is 48.0 Å². The maximum absolute atomic E-state index is 13.3. The SMILES string of the molecule is CCCCCOc1ccc(C2/C(=C(/O)c3ccc(OCC)c(C(C)(C)C)c3)C(=O)C(=O)N2CCC)cc1. The molecule has 2 aromatic rings. The van der Waals surface area contributed by atoms with E-state index in [9.17, 15) is 14.7 Å². The highest BCUT2D eigenvalue weighted by Crippen LogP contribution is 2.41. The molecule has 0 aromatic heterocycles. The van der Waals surface area contributed by atoms with E-state index in [1.54, 1.807) is 11.0 Å². The van der Waals surface area contributed by atoms with E-state index in [0.717, 1.165) is 41.9 Å². The number of rotatable bonds is 11. The van der Waals surface area contributed by atoms with Crippen LogP contribution in [0.1, 0.15) is 90.0 Å². The van der Waals surface area contributed by atoms with Gasteiger partial charge in [-0.15, -0.1) is 0 Å². The fraction of sp³-hybridized carbons (Fsp3) is 0.484. The number of nitrogens with zero attached hydrogens (tertiary/aromatic N) is 1. The van der Waals surface area contributed by atoms with Crippen LogP contribution in [0.3, 0.4) is 0 Å². The van der Waals surface area contributed by atoms with Crippen molar-refractivity contribution >= 4 is 17.4 Å². The molecule has 2 aromatic carbocycles. The summed E-state index contributed by atoms with van der Waals surface area (Å²) in [6, 6.07) is 12.2. The van der Waals surface area contributed by atoms with Gasteiger partial charge in [-0.1, -0.05) is 59.6 Å². The van der Waals surface area contributed by atoms with Crippen LogP contribution in [-0.4, -0.2) is 41.5 Å². The van der Waals surface area contributed by atoms with Crippen LogP contribution in [0, 0.1) is 0 Å². The molecule has 1 saturated heterocycles. The van der Waals surface area contributed by atoms with Gasteiger partial charge in [-0.05, 0) is 61.1 Å². The van der Waals surface area contributed by atoms with Crippen molar-refractivity contribution in [2.75, 3.05) is 19.8 Å². The molecule has 0 bridgehead atoms. The fourth-order valence-corrected chi connectivity index (χ4v) is 4.69. The molecule has 1 atom stereocenters. The van der Waals surface area contributed by atoms with Gasteiger partial charge in [0.05, 0.1) is 24.8 Å². The van der Waals surface area contributed by atoms with Crippen LogP contribution in [0.5, 0.6) is 11.5 Å². The Morgan fingerprint density at radius 3 is 2.24 bits per heavy atom. The minimum Gasteiger partial charge on any atom is -0.507 e. The first-order valence-electron chi connectivity index (χ1n) is 13.4. The Bertz CT molecular complexity index is 1130. The molecule has 1 amide bonds. The molecule has 6 nitrogen and oxygen atoms in total. The molecule has 1 aliphatic rings. The summed E-state index contributed by atoms with van der Waals surface area (Å²) in [7, 11) is 0. The molecule has 1 N–H and O–H groups in total. The Morgan fingerprint density at radius 2 is 1.65 bits per heavy atom. The van der Waals surface area contributed by atoms with E-state index in [1.807, 2.05) is 50.2 Å². The summed E-state index contributed by atoms with van der Waals surface area (Å²) >= 11 is 0. The lowest BCUT2D eigenvalue weighted by molar-refractivity contribution is -0.139. The summed E-state index contributed by atoms with van der Waals surface area (Å²) in [6.45, 7) is 13.8. The number of Topliss-reactive ketones (excluding diaryl/α,β-unsaturated/α-hetero) is 1. The summed E-state index contributed by atoms with van der Waals surface area (Å²) < 4.78 is 11.7. The predicted octanol–water partition coefficient (Wildman–Crippen LogP) is 6.78. The molecule has 3 rings (SSSR count). The van der Waals surface area contributed by atoms with Crippen LogP contribution in [0.25, 0.3) is 5.76 Å². The lowest BCUT2D eigenvalue weighted by Crippen LogP contribution is -2.30. The normalized spacial score (nSPS) is 17.4. The quantitative estimate of drug-likeness (QED) is 0.157. The van der Waals surface area contributed by atoms with E-state index in [0.29, 0.717) is 31.7 Å². The van der Waals surface area contributed by atoms with Crippen molar-refractivity contribution in [3.05, 3.63) is 64.7 Å². The molecule has 0 radical (unpaired) electrons. The molecule has 200 valence electrons. The predicted molar refractivity (Wildman–Crippen MR) is 147 cm³/mol. The minimum absolute atomic E-state index is 0.110. The first-order chi connectivity index (χ1) is 17.6. The third kappa shape index (κ3) is 6.35. The van der Waals surface area contributed by atoms with Crippen molar-refractivity contribution in [2.45, 2.75) is 78.7 Å². The van der Waals surface area contributed by atoms with Crippen LogP contribution in [0.4, 0.5) is 0 Å². The number of ether oxygens (including phenoxy) is 2. The van der Waals surface area contributed by atoms with E-state index in [2.05, 4.69) is 27.7 Å². The van der Waals surface area contributed by atoms with Gasteiger partial charge in [0.2, 0.25) is 0 Å². The topological polar surface area (TPSA) is 76.1 Å². The van der Waals surface area contributed by atoms with Gasteiger partial charge in [0.15, 0.2) is 0 Å². The fourth-order valence-electron chi connectivity index (χ4n) is 4.69. The standard InChI is InChI=1S/C31H41NO5/c1-7-10-11-19-37-23-15-12-21(13-16-23)27-26(29(34)30(35)32(27)18-8-2)28(33)22-14-17-25(36-9-3)24(20-22)31(4,5)6/h12-17,20,27,33H,7-11,18-19H2,1-6H3/b28-26-.